The monoisotopic (exact) mass is 231 g/mol. The van der Waals surface area contributed by atoms with Gasteiger partial charge in [0.25, 0.3) is 0 Å². The molecule has 0 bridgehead atoms. The number of nitrogens with one attached hydrogen (secondary N) is 1. The molecule has 1 aromatic rings. The van der Waals surface area contributed by atoms with Crippen molar-refractivity contribution in [1.29, 1.82) is 0 Å². The molecule has 0 aromatic heterocycles. The quantitative estimate of drug-likeness (QED) is 0.815. The average Bonchev–Trinajstić information content (AvgIpc) is 2.72. The summed E-state index contributed by atoms with van der Waals surface area (Å²) in [4.78, 5) is 0. The molecule has 1 heteroatoms. The molecule has 2 rings (SSSR count). The van der Waals surface area contributed by atoms with Gasteiger partial charge in [-0.1, -0.05) is 37.3 Å². The molecule has 17 heavy (non-hydrogen) atoms. The van der Waals surface area contributed by atoms with Crippen LogP contribution in [0.5, 0.6) is 0 Å². The summed E-state index contributed by atoms with van der Waals surface area (Å²) in [6.45, 7) is 2.42. The molecule has 3 unspecified atom stereocenters. The minimum atomic E-state index is 0.761. The number of hydrogen-bond acceptors (Lipinski definition) is 1. The zero-order valence-corrected chi connectivity index (χ0v) is 11.2. The van der Waals surface area contributed by atoms with Crippen LogP contribution in [-0.2, 0) is 6.42 Å². The lowest BCUT2D eigenvalue weighted by molar-refractivity contribution is 0.341. The maximum atomic E-state index is 3.45. The molecule has 0 aliphatic heterocycles. The summed E-state index contributed by atoms with van der Waals surface area (Å²) in [7, 11) is 2.10. The van der Waals surface area contributed by atoms with Gasteiger partial charge in [-0.05, 0) is 56.6 Å². The molecule has 1 N–H and O–H groups in total. The number of rotatable bonds is 5. The summed E-state index contributed by atoms with van der Waals surface area (Å²) in [5, 5.41) is 3.45. The molecule has 94 valence electrons. The molecule has 1 fully saturated rings. The Labute approximate surface area is 106 Å². The first kappa shape index (κ1) is 12.6. The van der Waals surface area contributed by atoms with Crippen LogP contribution in [0.15, 0.2) is 30.3 Å². The molecule has 1 aliphatic carbocycles. The zero-order chi connectivity index (χ0) is 12.1. The van der Waals surface area contributed by atoms with Gasteiger partial charge < -0.3 is 5.32 Å². The van der Waals surface area contributed by atoms with Gasteiger partial charge in [0.2, 0.25) is 0 Å². The van der Waals surface area contributed by atoms with E-state index in [2.05, 4.69) is 49.6 Å². The maximum Gasteiger partial charge on any atom is 0.00924 e. The lowest BCUT2D eigenvalue weighted by Crippen LogP contribution is -2.29. The summed E-state index contributed by atoms with van der Waals surface area (Å²) in [6, 6.07) is 11.6. The standard InChI is InChI=1S/C16H25N/c1-13-15(11-12-16(13)17-2)10-6-9-14-7-4-3-5-8-14/h3-5,7-8,13,15-17H,6,9-12H2,1-2H3. The van der Waals surface area contributed by atoms with Crippen LogP contribution < -0.4 is 5.32 Å². The number of hydrogen-bond donors (Lipinski definition) is 1. The molecule has 0 saturated heterocycles. The van der Waals surface area contributed by atoms with Crippen molar-refractivity contribution in [2.75, 3.05) is 7.05 Å². The van der Waals surface area contributed by atoms with Gasteiger partial charge in [0.15, 0.2) is 0 Å². The molecule has 0 spiro atoms. The van der Waals surface area contributed by atoms with Gasteiger partial charge in [0.1, 0.15) is 0 Å². The Hall–Kier alpha value is -0.820. The predicted octanol–water partition coefficient (Wildman–Crippen LogP) is 3.64. The molecule has 3 atom stereocenters. The van der Waals surface area contributed by atoms with E-state index in [4.69, 9.17) is 0 Å². The Morgan fingerprint density at radius 1 is 1.18 bits per heavy atom. The summed E-state index contributed by atoms with van der Waals surface area (Å²) in [5.74, 6) is 1.80. The highest BCUT2D eigenvalue weighted by Gasteiger charge is 2.30. The third-order valence-electron chi connectivity index (χ3n) is 4.48. The minimum absolute atomic E-state index is 0.761. The number of aryl methyl sites for hydroxylation is 1. The molecule has 0 heterocycles. The van der Waals surface area contributed by atoms with Gasteiger partial charge in [-0.25, -0.2) is 0 Å². The fourth-order valence-electron chi connectivity index (χ4n) is 3.28. The van der Waals surface area contributed by atoms with Gasteiger partial charge in [0.05, 0.1) is 0 Å². The van der Waals surface area contributed by atoms with E-state index in [1.807, 2.05) is 0 Å². The van der Waals surface area contributed by atoms with Crippen molar-refractivity contribution in [2.45, 2.75) is 45.1 Å². The fourth-order valence-corrected chi connectivity index (χ4v) is 3.28. The van der Waals surface area contributed by atoms with Gasteiger partial charge in [-0.3, -0.25) is 0 Å². The van der Waals surface area contributed by atoms with Gasteiger partial charge >= 0.3 is 0 Å². The Balaban J connectivity index is 1.73. The highest BCUT2D eigenvalue weighted by atomic mass is 14.9. The van der Waals surface area contributed by atoms with Crippen molar-refractivity contribution >= 4 is 0 Å². The molecule has 1 nitrogen and oxygen atoms in total. The third kappa shape index (κ3) is 3.32. The summed E-state index contributed by atoms with van der Waals surface area (Å²) in [6.07, 6.45) is 6.77. The Bertz CT molecular complexity index is 320. The first-order valence-corrected chi connectivity index (χ1v) is 7.02. The normalized spacial score (nSPS) is 28.5. The number of benzene rings is 1. The molecule has 1 aromatic carbocycles. The highest BCUT2D eigenvalue weighted by Crippen LogP contribution is 2.34. The van der Waals surface area contributed by atoms with Crippen LogP contribution in [0.2, 0.25) is 0 Å². The van der Waals surface area contributed by atoms with E-state index in [9.17, 15) is 0 Å². The molecule has 1 saturated carbocycles. The third-order valence-corrected chi connectivity index (χ3v) is 4.48. The molecule has 0 radical (unpaired) electrons. The summed E-state index contributed by atoms with van der Waals surface area (Å²) >= 11 is 0. The van der Waals surface area contributed by atoms with Crippen molar-refractivity contribution in [3.63, 3.8) is 0 Å². The van der Waals surface area contributed by atoms with Crippen LogP contribution in [0.4, 0.5) is 0 Å². The van der Waals surface area contributed by atoms with Crippen molar-refractivity contribution in [3.8, 4) is 0 Å². The first-order chi connectivity index (χ1) is 8.31. The van der Waals surface area contributed by atoms with Crippen LogP contribution in [-0.4, -0.2) is 13.1 Å². The van der Waals surface area contributed by atoms with Crippen molar-refractivity contribution in [2.24, 2.45) is 11.8 Å². The second-order valence-electron chi connectivity index (χ2n) is 5.47. The average molecular weight is 231 g/mol. The molecular formula is C16H25N. The van der Waals surface area contributed by atoms with Crippen LogP contribution in [0.3, 0.4) is 0 Å². The maximum absolute atomic E-state index is 3.45. The van der Waals surface area contributed by atoms with E-state index >= 15 is 0 Å². The largest absolute Gasteiger partial charge is 0.317 e. The van der Waals surface area contributed by atoms with E-state index in [0.29, 0.717) is 0 Å². The van der Waals surface area contributed by atoms with E-state index < -0.39 is 0 Å². The Morgan fingerprint density at radius 3 is 2.59 bits per heavy atom. The van der Waals surface area contributed by atoms with Crippen LogP contribution in [0.25, 0.3) is 0 Å². The van der Waals surface area contributed by atoms with E-state index in [-0.39, 0.29) is 0 Å². The lowest BCUT2D eigenvalue weighted by Gasteiger charge is -2.20. The lowest BCUT2D eigenvalue weighted by atomic mass is 9.90. The van der Waals surface area contributed by atoms with Gasteiger partial charge in [-0.2, -0.15) is 0 Å². The molecular weight excluding hydrogens is 206 g/mol. The van der Waals surface area contributed by atoms with Gasteiger partial charge in [0, 0.05) is 6.04 Å². The highest BCUT2D eigenvalue weighted by molar-refractivity contribution is 5.14. The van der Waals surface area contributed by atoms with E-state index in [0.717, 1.165) is 17.9 Å². The van der Waals surface area contributed by atoms with E-state index in [1.165, 1.54) is 37.7 Å². The Morgan fingerprint density at radius 2 is 1.94 bits per heavy atom. The van der Waals surface area contributed by atoms with Crippen molar-refractivity contribution < 1.29 is 0 Å². The van der Waals surface area contributed by atoms with Crippen LogP contribution in [0, 0.1) is 11.8 Å². The topological polar surface area (TPSA) is 12.0 Å². The van der Waals surface area contributed by atoms with Crippen LogP contribution in [0.1, 0.15) is 38.2 Å². The molecule has 1 aliphatic rings. The predicted molar refractivity (Wildman–Crippen MR) is 74.1 cm³/mol. The second kappa shape index (κ2) is 6.20. The zero-order valence-electron chi connectivity index (χ0n) is 11.2. The second-order valence-corrected chi connectivity index (χ2v) is 5.47. The summed E-state index contributed by atoms with van der Waals surface area (Å²) < 4.78 is 0. The van der Waals surface area contributed by atoms with Crippen molar-refractivity contribution in [3.05, 3.63) is 35.9 Å². The molecule has 0 amide bonds. The minimum Gasteiger partial charge on any atom is -0.317 e. The summed E-state index contributed by atoms with van der Waals surface area (Å²) in [5.41, 5.74) is 1.49. The van der Waals surface area contributed by atoms with Crippen LogP contribution >= 0.6 is 0 Å². The first-order valence-electron chi connectivity index (χ1n) is 7.02. The smallest absolute Gasteiger partial charge is 0.00924 e. The van der Waals surface area contributed by atoms with E-state index in [1.54, 1.807) is 0 Å². The Kier molecular flexibility index (Phi) is 4.61. The van der Waals surface area contributed by atoms with Crippen molar-refractivity contribution in [1.82, 2.24) is 5.32 Å². The fraction of sp³-hybridized carbons (Fsp3) is 0.625. The SMILES string of the molecule is CNC1CCC(CCCc2ccccc2)C1C. The van der Waals surface area contributed by atoms with Gasteiger partial charge in [-0.15, -0.1) is 0 Å².